The van der Waals surface area contributed by atoms with E-state index in [9.17, 15) is 26.4 Å². The molecule has 5 nitrogen and oxygen atoms in total. The average molecular weight is 398 g/mol. The van der Waals surface area contributed by atoms with E-state index in [2.05, 4.69) is 5.32 Å². The van der Waals surface area contributed by atoms with Crippen LogP contribution in [0, 0.1) is 0 Å². The molecule has 2 rings (SSSR count). The van der Waals surface area contributed by atoms with E-state index in [0.29, 0.717) is 0 Å². The predicted octanol–water partition coefficient (Wildman–Crippen LogP) is 3.61. The fraction of sp³-hybridized carbons (Fsp3) is 0.167. The highest BCUT2D eigenvalue weighted by molar-refractivity contribution is 7.89. The number of hydrogen-bond donors (Lipinski definition) is 1. The maximum atomic E-state index is 12.7. The Labute approximate surface area is 155 Å². The molecule has 0 bridgehead atoms. The average Bonchev–Trinajstić information content (AvgIpc) is 2.59. The summed E-state index contributed by atoms with van der Waals surface area (Å²) in [6.07, 6.45) is -2.15. The maximum absolute atomic E-state index is 12.7. The molecule has 9 heteroatoms. The van der Waals surface area contributed by atoms with E-state index in [1.165, 1.54) is 56.6 Å². The second-order valence-electron chi connectivity index (χ2n) is 5.76. The highest BCUT2D eigenvalue weighted by Gasteiger charge is 2.30. The van der Waals surface area contributed by atoms with Crippen molar-refractivity contribution in [1.29, 1.82) is 0 Å². The number of rotatable bonds is 5. The summed E-state index contributed by atoms with van der Waals surface area (Å²) in [5.74, 6) is -0.605. The monoisotopic (exact) mass is 398 g/mol. The lowest BCUT2D eigenvalue weighted by molar-refractivity contribution is -0.137. The molecule has 0 aliphatic rings. The molecule has 2 aromatic rings. The van der Waals surface area contributed by atoms with Gasteiger partial charge in [0.25, 0.3) is 0 Å². The molecule has 0 saturated carbocycles. The van der Waals surface area contributed by atoms with Crippen LogP contribution in [0.15, 0.2) is 59.5 Å². The van der Waals surface area contributed by atoms with E-state index in [1.54, 1.807) is 0 Å². The summed E-state index contributed by atoms with van der Waals surface area (Å²) in [6, 6.07) is 10.2. The van der Waals surface area contributed by atoms with Crippen LogP contribution in [0.1, 0.15) is 11.1 Å². The zero-order chi connectivity index (χ0) is 20.2. The highest BCUT2D eigenvalue weighted by Crippen LogP contribution is 2.29. The second-order valence-corrected chi connectivity index (χ2v) is 7.91. The first kappa shape index (κ1) is 20.7. The van der Waals surface area contributed by atoms with Gasteiger partial charge in [0.05, 0.1) is 10.5 Å². The third-order valence-electron chi connectivity index (χ3n) is 3.52. The Kier molecular flexibility index (Phi) is 6.07. The third-order valence-corrected chi connectivity index (χ3v) is 5.33. The standard InChI is InChI=1S/C18H17F3N2O3S/c1-23(2)27(25,26)16-8-4-7-15(12-16)22-17(24)10-9-13-5-3-6-14(11-13)18(19,20)21/h3-12H,1-2H3,(H,22,24)/b10-9+. The van der Waals surface area contributed by atoms with Crippen molar-refractivity contribution in [3.63, 3.8) is 0 Å². The van der Waals surface area contributed by atoms with Crippen LogP contribution in [-0.4, -0.2) is 32.7 Å². The number of amides is 1. The molecular formula is C18H17F3N2O3S. The van der Waals surface area contributed by atoms with Gasteiger partial charge in [0.1, 0.15) is 0 Å². The van der Waals surface area contributed by atoms with E-state index in [0.717, 1.165) is 22.5 Å². The van der Waals surface area contributed by atoms with Crippen molar-refractivity contribution in [2.24, 2.45) is 0 Å². The van der Waals surface area contributed by atoms with Crippen molar-refractivity contribution < 1.29 is 26.4 Å². The van der Waals surface area contributed by atoms with Crippen LogP contribution in [0.2, 0.25) is 0 Å². The van der Waals surface area contributed by atoms with Gasteiger partial charge in [0.2, 0.25) is 15.9 Å². The van der Waals surface area contributed by atoms with Gasteiger partial charge in [-0.1, -0.05) is 18.2 Å². The Hall–Kier alpha value is -2.65. The lowest BCUT2D eigenvalue weighted by atomic mass is 10.1. The molecule has 0 heterocycles. The lowest BCUT2D eigenvalue weighted by Crippen LogP contribution is -2.22. The van der Waals surface area contributed by atoms with Gasteiger partial charge in [-0.05, 0) is 42.0 Å². The van der Waals surface area contributed by atoms with Crippen molar-refractivity contribution in [2.75, 3.05) is 19.4 Å². The fourth-order valence-corrected chi connectivity index (χ4v) is 3.07. The SMILES string of the molecule is CN(C)S(=O)(=O)c1cccc(NC(=O)/C=C/c2cccc(C(F)(F)F)c2)c1. The molecule has 1 N–H and O–H groups in total. The quantitative estimate of drug-likeness (QED) is 0.783. The fourth-order valence-electron chi connectivity index (χ4n) is 2.12. The van der Waals surface area contributed by atoms with Crippen molar-refractivity contribution in [1.82, 2.24) is 4.31 Å². The molecule has 0 aliphatic heterocycles. The summed E-state index contributed by atoms with van der Waals surface area (Å²) < 4.78 is 63.3. The number of nitrogens with one attached hydrogen (secondary N) is 1. The molecular weight excluding hydrogens is 381 g/mol. The minimum Gasteiger partial charge on any atom is -0.322 e. The Morgan fingerprint density at radius 3 is 2.37 bits per heavy atom. The Bertz CT molecular complexity index is 968. The molecule has 0 fully saturated rings. The first-order chi connectivity index (χ1) is 12.5. The maximum Gasteiger partial charge on any atom is 0.416 e. The van der Waals surface area contributed by atoms with Crippen LogP contribution < -0.4 is 5.32 Å². The summed E-state index contributed by atoms with van der Waals surface area (Å²) in [5, 5.41) is 2.48. The van der Waals surface area contributed by atoms with Gasteiger partial charge in [-0.2, -0.15) is 13.2 Å². The molecule has 2 aromatic carbocycles. The molecule has 0 aromatic heterocycles. The molecule has 27 heavy (non-hydrogen) atoms. The second kappa shape index (κ2) is 7.93. The molecule has 1 amide bonds. The molecule has 0 spiro atoms. The zero-order valence-electron chi connectivity index (χ0n) is 14.5. The van der Waals surface area contributed by atoms with Gasteiger partial charge in [-0.25, -0.2) is 12.7 Å². The van der Waals surface area contributed by atoms with E-state index in [1.807, 2.05) is 0 Å². The van der Waals surface area contributed by atoms with Crippen LogP contribution in [0.5, 0.6) is 0 Å². The number of benzene rings is 2. The highest BCUT2D eigenvalue weighted by atomic mass is 32.2. The van der Waals surface area contributed by atoms with E-state index in [4.69, 9.17) is 0 Å². The van der Waals surface area contributed by atoms with Crippen molar-refractivity contribution in [3.05, 3.63) is 65.7 Å². The van der Waals surface area contributed by atoms with Crippen molar-refractivity contribution in [3.8, 4) is 0 Å². The molecule has 0 aliphatic carbocycles. The van der Waals surface area contributed by atoms with Crippen LogP contribution in [-0.2, 0) is 21.0 Å². The summed E-state index contributed by atoms with van der Waals surface area (Å²) >= 11 is 0. The number of halogens is 3. The van der Waals surface area contributed by atoms with Crippen LogP contribution in [0.3, 0.4) is 0 Å². The summed E-state index contributed by atoms with van der Waals surface area (Å²) in [5.41, 5.74) is -0.354. The normalized spacial score (nSPS) is 12.5. The number of hydrogen-bond acceptors (Lipinski definition) is 3. The van der Waals surface area contributed by atoms with E-state index < -0.39 is 27.7 Å². The number of carbonyl (C=O) groups excluding carboxylic acids is 1. The van der Waals surface area contributed by atoms with Crippen molar-refractivity contribution in [2.45, 2.75) is 11.1 Å². The first-order valence-electron chi connectivity index (χ1n) is 7.69. The topological polar surface area (TPSA) is 66.5 Å². The van der Waals surface area contributed by atoms with Gasteiger partial charge in [0, 0.05) is 25.9 Å². The lowest BCUT2D eigenvalue weighted by Gasteiger charge is -2.12. The first-order valence-corrected chi connectivity index (χ1v) is 9.13. The van der Waals surface area contributed by atoms with Crippen LogP contribution in [0.25, 0.3) is 6.08 Å². The Morgan fingerprint density at radius 1 is 1.07 bits per heavy atom. The van der Waals surface area contributed by atoms with Gasteiger partial charge in [-0.3, -0.25) is 4.79 Å². The molecule has 0 radical (unpaired) electrons. The largest absolute Gasteiger partial charge is 0.416 e. The molecule has 0 unspecified atom stereocenters. The van der Waals surface area contributed by atoms with Crippen molar-refractivity contribution >= 4 is 27.7 Å². The minimum absolute atomic E-state index is 0.00663. The third kappa shape index (κ3) is 5.41. The summed E-state index contributed by atoms with van der Waals surface area (Å²) in [6.45, 7) is 0. The number of anilines is 1. The molecule has 0 saturated heterocycles. The van der Waals surface area contributed by atoms with Gasteiger partial charge < -0.3 is 5.32 Å². The number of nitrogens with zero attached hydrogens (tertiary/aromatic N) is 1. The zero-order valence-corrected chi connectivity index (χ0v) is 15.3. The molecule has 0 atom stereocenters. The molecule has 144 valence electrons. The summed E-state index contributed by atoms with van der Waals surface area (Å²) in [7, 11) is -0.877. The number of alkyl halides is 3. The smallest absolute Gasteiger partial charge is 0.322 e. The summed E-state index contributed by atoms with van der Waals surface area (Å²) in [4.78, 5) is 12.0. The number of carbonyl (C=O) groups is 1. The Morgan fingerprint density at radius 2 is 1.74 bits per heavy atom. The van der Waals surface area contributed by atoms with E-state index in [-0.39, 0.29) is 16.1 Å². The predicted molar refractivity (Wildman–Crippen MR) is 96.4 cm³/mol. The van der Waals surface area contributed by atoms with Crippen LogP contribution in [0.4, 0.5) is 18.9 Å². The minimum atomic E-state index is -4.47. The number of sulfonamides is 1. The Balaban J connectivity index is 2.14. The van der Waals surface area contributed by atoms with E-state index >= 15 is 0 Å². The van der Waals surface area contributed by atoms with Gasteiger partial charge >= 0.3 is 6.18 Å². The van der Waals surface area contributed by atoms with Crippen LogP contribution >= 0.6 is 0 Å². The van der Waals surface area contributed by atoms with Gasteiger partial charge in [-0.15, -0.1) is 0 Å². The van der Waals surface area contributed by atoms with Gasteiger partial charge in [0.15, 0.2) is 0 Å².